The Balaban J connectivity index is 1.34. The predicted molar refractivity (Wildman–Crippen MR) is 165 cm³/mol. The highest BCUT2D eigenvalue weighted by Gasteiger charge is 2.46. The average Bonchev–Trinajstić information content (AvgIpc) is 3.68. The number of rotatable bonds is 1. The summed E-state index contributed by atoms with van der Waals surface area (Å²) in [5, 5.41) is 4.70. The first kappa shape index (κ1) is 20.6. The number of pyridine rings is 1. The van der Waals surface area contributed by atoms with Gasteiger partial charge in [0, 0.05) is 43.9 Å². The number of hydrogen-bond donors (Lipinski definition) is 0. The smallest absolute Gasteiger partial charge is 0.422 e. The minimum Gasteiger partial charge on any atom is -0.455 e. The van der Waals surface area contributed by atoms with E-state index < -0.39 is 0 Å². The molecule has 184 valence electrons. The third kappa shape index (κ3) is 2.42. The van der Waals surface area contributed by atoms with E-state index in [0.717, 1.165) is 39.0 Å². The second kappa shape index (κ2) is 7.22. The first-order valence-electron chi connectivity index (χ1n) is 13.7. The van der Waals surface area contributed by atoms with Crippen molar-refractivity contribution in [3.63, 3.8) is 0 Å². The zero-order valence-corrected chi connectivity index (χ0v) is 21.4. The lowest BCUT2D eigenvalue weighted by atomic mass is 9.60. The molecule has 0 atom stereocenters. The zero-order valence-electron chi connectivity index (χ0n) is 21.4. The first-order valence-corrected chi connectivity index (χ1v) is 13.7. The molecule has 5 heterocycles. The Morgan fingerprint density at radius 3 is 2.27 bits per heavy atom. The Kier molecular flexibility index (Phi) is 3.73. The van der Waals surface area contributed by atoms with Crippen LogP contribution in [0.1, 0.15) is 0 Å². The van der Waals surface area contributed by atoms with Crippen molar-refractivity contribution in [2.45, 2.75) is 0 Å². The highest BCUT2D eigenvalue weighted by Crippen LogP contribution is 2.49. The third-order valence-electron chi connectivity index (χ3n) is 8.76. The Bertz CT molecular complexity index is 2370. The fourth-order valence-electron chi connectivity index (χ4n) is 7.14. The number of nitrogens with zero attached hydrogens (tertiary/aromatic N) is 3. The number of furan rings is 1. The maximum Gasteiger partial charge on any atom is 0.422 e. The fourth-order valence-corrected chi connectivity index (χ4v) is 7.14. The van der Waals surface area contributed by atoms with E-state index in [1.807, 2.05) is 12.1 Å². The molecule has 0 spiro atoms. The molecular formula is C35H20BN3O. The van der Waals surface area contributed by atoms with Gasteiger partial charge in [0.15, 0.2) is 0 Å². The Hall–Kier alpha value is -5.29. The predicted octanol–water partition coefficient (Wildman–Crippen LogP) is 8.13. The van der Waals surface area contributed by atoms with Gasteiger partial charge in [-0.3, -0.25) is 0 Å². The van der Waals surface area contributed by atoms with Crippen LogP contribution in [0.25, 0.3) is 66.1 Å². The quantitative estimate of drug-likeness (QED) is 0.210. The van der Waals surface area contributed by atoms with Crippen LogP contribution in [-0.2, 0) is 0 Å². The standard InChI is InChI=1S/C35H20BN3O/c1-5-16-28-21(10-1)22-11-2-7-18-31(22)39-35-33-27(23-12-3-6-17-30(23)38(33)36(28)39)20-29(37-35)26-15-9-14-25-24-13-4-8-19-32(24)40-34(25)26/h1-20H. The molecule has 0 unspecified atom stereocenters. The van der Waals surface area contributed by atoms with Gasteiger partial charge in [-0.15, -0.1) is 0 Å². The van der Waals surface area contributed by atoms with E-state index in [2.05, 4.69) is 118 Å². The highest BCUT2D eigenvalue weighted by atomic mass is 16.3. The van der Waals surface area contributed by atoms with Crippen molar-refractivity contribution in [2.75, 3.05) is 4.81 Å². The Morgan fingerprint density at radius 1 is 0.600 bits per heavy atom. The van der Waals surface area contributed by atoms with Crippen LogP contribution in [0.5, 0.6) is 0 Å². The molecule has 2 aliphatic rings. The number of hydrogen-bond acceptors (Lipinski definition) is 3. The summed E-state index contributed by atoms with van der Waals surface area (Å²) >= 11 is 0. The number of para-hydroxylation sites is 4. The number of benzene rings is 5. The lowest BCUT2D eigenvalue weighted by molar-refractivity contribution is 0.670. The first-order chi connectivity index (χ1) is 19.9. The van der Waals surface area contributed by atoms with Crippen molar-refractivity contribution < 1.29 is 4.42 Å². The third-order valence-corrected chi connectivity index (χ3v) is 8.76. The molecule has 0 aliphatic carbocycles. The van der Waals surface area contributed by atoms with Gasteiger partial charge in [-0.2, -0.15) is 0 Å². The molecule has 40 heavy (non-hydrogen) atoms. The maximum absolute atomic E-state index is 6.46. The van der Waals surface area contributed by atoms with Crippen LogP contribution < -0.4 is 10.3 Å². The van der Waals surface area contributed by atoms with Gasteiger partial charge >= 0.3 is 6.98 Å². The van der Waals surface area contributed by atoms with Crippen molar-refractivity contribution in [3.05, 3.63) is 121 Å². The summed E-state index contributed by atoms with van der Waals surface area (Å²) < 4.78 is 8.95. The van der Waals surface area contributed by atoms with Crippen molar-refractivity contribution in [1.82, 2.24) is 9.46 Å². The van der Waals surface area contributed by atoms with Crippen LogP contribution in [0.3, 0.4) is 0 Å². The van der Waals surface area contributed by atoms with E-state index in [1.54, 1.807) is 0 Å². The van der Waals surface area contributed by atoms with Gasteiger partial charge in [0.2, 0.25) is 0 Å². The van der Waals surface area contributed by atoms with Crippen LogP contribution >= 0.6 is 0 Å². The summed E-state index contributed by atoms with van der Waals surface area (Å²) in [6.07, 6.45) is 0. The van der Waals surface area contributed by atoms with Gasteiger partial charge in [0.25, 0.3) is 0 Å². The molecule has 0 radical (unpaired) electrons. The summed E-state index contributed by atoms with van der Waals surface area (Å²) in [5.41, 5.74) is 11.1. The normalized spacial score (nSPS) is 13.4. The molecule has 5 aromatic carbocycles. The van der Waals surface area contributed by atoms with Gasteiger partial charge in [-0.25, -0.2) is 4.98 Å². The van der Waals surface area contributed by atoms with Crippen LogP contribution in [-0.4, -0.2) is 16.4 Å². The van der Waals surface area contributed by atoms with Crippen LogP contribution in [0.15, 0.2) is 126 Å². The van der Waals surface area contributed by atoms with E-state index in [4.69, 9.17) is 9.40 Å². The van der Waals surface area contributed by atoms with Crippen molar-refractivity contribution in [1.29, 1.82) is 0 Å². The summed E-state index contributed by atoms with van der Waals surface area (Å²) in [6, 6.07) is 43.2. The summed E-state index contributed by atoms with van der Waals surface area (Å²) in [4.78, 5) is 7.90. The Morgan fingerprint density at radius 2 is 1.32 bits per heavy atom. The van der Waals surface area contributed by atoms with Crippen molar-refractivity contribution in [3.8, 4) is 22.4 Å². The topological polar surface area (TPSA) is 34.2 Å². The van der Waals surface area contributed by atoms with E-state index in [1.165, 1.54) is 44.1 Å². The van der Waals surface area contributed by atoms with Gasteiger partial charge in [-0.05, 0) is 41.4 Å². The molecule has 3 aromatic heterocycles. The zero-order chi connectivity index (χ0) is 25.9. The molecule has 0 fully saturated rings. The van der Waals surface area contributed by atoms with Crippen molar-refractivity contribution >= 4 is 67.7 Å². The second-order valence-corrected chi connectivity index (χ2v) is 10.7. The number of fused-ring (bicyclic) bond motifs is 14. The lowest BCUT2D eigenvalue weighted by Crippen LogP contribution is -2.51. The monoisotopic (exact) mass is 509 g/mol. The molecule has 10 rings (SSSR count). The molecule has 0 amide bonds. The molecule has 0 saturated carbocycles. The summed E-state index contributed by atoms with van der Waals surface area (Å²) in [5.74, 6) is 0.990. The van der Waals surface area contributed by atoms with Crippen LogP contribution in [0.4, 0.5) is 11.5 Å². The van der Waals surface area contributed by atoms with Gasteiger partial charge < -0.3 is 13.7 Å². The molecule has 0 N–H and O–H groups in total. The average molecular weight is 509 g/mol. The molecule has 8 aromatic rings. The van der Waals surface area contributed by atoms with E-state index >= 15 is 0 Å². The fraction of sp³-hybridized carbons (Fsp3) is 0. The van der Waals surface area contributed by atoms with Gasteiger partial charge in [-0.1, -0.05) is 91.0 Å². The van der Waals surface area contributed by atoms with E-state index in [-0.39, 0.29) is 6.98 Å². The van der Waals surface area contributed by atoms with Crippen LogP contribution in [0.2, 0.25) is 0 Å². The van der Waals surface area contributed by atoms with Crippen molar-refractivity contribution in [2.24, 2.45) is 0 Å². The molecule has 0 bridgehead atoms. The molecule has 0 saturated heterocycles. The van der Waals surface area contributed by atoms with Gasteiger partial charge in [0.05, 0.1) is 11.2 Å². The SMILES string of the molecule is c1ccc2c(c1)B1N(c3ccccc3-2)c2nc(-c3cccc4c3oc3ccccc34)cc3c4ccccc4n1c23. The minimum absolute atomic E-state index is 0.00626. The maximum atomic E-state index is 6.46. The summed E-state index contributed by atoms with van der Waals surface area (Å²) in [7, 11) is 0. The summed E-state index contributed by atoms with van der Waals surface area (Å²) in [6.45, 7) is -0.00626. The highest BCUT2D eigenvalue weighted by molar-refractivity contribution is 6.82. The minimum atomic E-state index is -0.00626. The lowest BCUT2D eigenvalue weighted by Gasteiger charge is -2.34. The Labute approximate surface area is 229 Å². The number of aromatic nitrogens is 2. The van der Waals surface area contributed by atoms with Gasteiger partial charge in [0.1, 0.15) is 17.0 Å². The van der Waals surface area contributed by atoms with E-state index in [9.17, 15) is 0 Å². The second-order valence-electron chi connectivity index (χ2n) is 10.7. The number of anilines is 2. The molecule has 4 nitrogen and oxygen atoms in total. The largest absolute Gasteiger partial charge is 0.455 e. The van der Waals surface area contributed by atoms with E-state index in [0.29, 0.717) is 0 Å². The molecule has 5 heteroatoms. The van der Waals surface area contributed by atoms with Crippen LogP contribution in [0, 0.1) is 0 Å². The molecule has 2 aliphatic heterocycles. The molecular weight excluding hydrogens is 489 g/mol.